The number of hydrogen-bond acceptors (Lipinski definition) is 4. The van der Waals surface area contributed by atoms with Crippen LogP contribution in [0.4, 0.5) is 13.2 Å². The van der Waals surface area contributed by atoms with Crippen LogP contribution >= 0.6 is 0 Å². The van der Waals surface area contributed by atoms with Gasteiger partial charge in [-0.1, -0.05) is 0 Å². The maximum atomic E-state index is 12.1. The van der Waals surface area contributed by atoms with E-state index in [4.69, 9.17) is 10.5 Å². The van der Waals surface area contributed by atoms with E-state index in [0.717, 1.165) is 6.20 Å². The quantitative estimate of drug-likeness (QED) is 0.868. The Labute approximate surface area is 90.2 Å². The average Bonchev–Trinajstić information content (AvgIpc) is 2.18. The van der Waals surface area contributed by atoms with Crippen LogP contribution in [0.1, 0.15) is 11.3 Å². The molecule has 90 valence electrons. The molecule has 0 saturated carbocycles. The topological polar surface area (TPSA) is 57.4 Å². The first-order valence-corrected chi connectivity index (χ1v) is 4.37. The number of aryl methyl sites for hydroxylation is 1. The van der Waals surface area contributed by atoms with E-state index < -0.39 is 12.1 Å². The highest BCUT2D eigenvalue weighted by molar-refractivity contribution is 5.47. The van der Waals surface area contributed by atoms with Crippen molar-refractivity contribution in [2.45, 2.75) is 19.8 Å². The molecule has 2 N–H and O–H groups in total. The van der Waals surface area contributed by atoms with Crippen LogP contribution in [0.5, 0.6) is 11.5 Å². The van der Waals surface area contributed by atoms with Crippen LogP contribution in [0.2, 0.25) is 0 Å². The summed E-state index contributed by atoms with van der Waals surface area (Å²) in [6, 6.07) is 0. The van der Waals surface area contributed by atoms with Gasteiger partial charge in [0.2, 0.25) is 0 Å². The molecule has 1 rings (SSSR count). The largest absolute Gasteiger partial charge is 0.573 e. The number of hydrogen-bond donors (Lipinski definition) is 1. The number of nitrogens with zero attached hydrogens (tertiary/aromatic N) is 1. The second-order valence-electron chi connectivity index (χ2n) is 2.97. The first-order valence-electron chi connectivity index (χ1n) is 4.37. The Morgan fingerprint density at radius 2 is 2.06 bits per heavy atom. The monoisotopic (exact) mass is 236 g/mol. The normalized spacial score (nSPS) is 11.4. The van der Waals surface area contributed by atoms with E-state index in [2.05, 4.69) is 9.72 Å². The lowest BCUT2D eigenvalue weighted by atomic mass is 10.2. The van der Waals surface area contributed by atoms with Gasteiger partial charge in [-0.15, -0.1) is 13.2 Å². The molecule has 0 radical (unpaired) electrons. The lowest BCUT2D eigenvalue weighted by Crippen LogP contribution is -2.18. The molecule has 1 heterocycles. The average molecular weight is 236 g/mol. The third-order valence-electron chi connectivity index (χ3n) is 1.94. The van der Waals surface area contributed by atoms with Crippen molar-refractivity contribution in [2.75, 3.05) is 7.11 Å². The van der Waals surface area contributed by atoms with Crippen LogP contribution in [0.3, 0.4) is 0 Å². The molecule has 0 aromatic carbocycles. The van der Waals surface area contributed by atoms with Gasteiger partial charge in [-0.05, 0) is 6.92 Å². The third-order valence-corrected chi connectivity index (χ3v) is 1.94. The molecule has 0 atom stereocenters. The van der Waals surface area contributed by atoms with Gasteiger partial charge >= 0.3 is 6.36 Å². The summed E-state index contributed by atoms with van der Waals surface area (Å²) in [5.74, 6) is -0.520. The summed E-state index contributed by atoms with van der Waals surface area (Å²) < 4.78 is 44.8. The van der Waals surface area contributed by atoms with Crippen molar-refractivity contribution < 1.29 is 22.6 Å². The number of rotatable bonds is 3. The number of pyridine rings is 1. The highest BCUT2D eigenvalue weighted by Gasteiger charge is 2.33. The summed E-state index contributed by atoms with van der Waals surface area (Å²) in [5, 5.41) is 0. The Morgan fingerprint density at radius 3 is 2.50 bits per heavy atom. The first-order chi connectivity index (χ1) is 7.39. The van der Waals surface area contributed by atoms with Gasteiger partial charge in [0.05, 0.1) is 13.3 Å². The molecular formula is C9H11F3N2O2. The SMILES string of the molecule is COc1c(OC(F)(F)F)cnc(C)c1CN. The lowest BCUT2D eigenvalue weighted by Gasteiger charge is -2.15. The number of alkyl halides is 3. The fourth-order valence-corrected chi connectivity index (χ4v) is 1.27. The van der Waals surface area contributed by atoms with E-state index in [9.17, 15) is 13.2 Å². The van der Waals surface area contributed by atoms with Crippen LogP contribution in [-0.4, -0.2) is 18.5 Å². The summed E-state index contributed by atoms with van der Waals surface area (Å²) in [6.07, 6.45) is -3.82. The van der Waals surface area contributed by atoms with E-state index in [1.54, 1.807) is 6.92 Å². The molecule has 1 aromatic rings. The predicted octanol–water partition coefficient (Wildman–Crippen LogP) is 1.76. The zero-order valence-corrected chi connectivity index (χ0v) is 8.76. The summed E-state index contributed by atoms with van der Waals surface area (Å²) in [5.41, 5.74) is 6.30. The first kappa shape index (κ1) is 12.6. The molecule has 0 saturated heterocycles. The van der Waals surface area contributed by atoms with Crippen LogP contribution < -0.4 is 15.2 Å². The number of nitrogens with two attached hydrogens (primary N) is 1. The van der Waals surface area contributed by atoms with Crippen molar-refractivity contribution in [1.82, 2.24) is 4.98 Å². The van der Waals surface area contributed by atoms with Crippen LogP contribution in [0, 0.1) is 6.92 Å². The number of aromatic nitrogens is 1. The lowest BCUT2D eigenvalue weighted by molar-refractivity contribution is -0.275. The molecular weight excluding hydrogens is 225 g/mol. The van der Waals surface area contributed by atoms with Gasteiger partial charge in [-0.2, -0.15) is 0 Å². The number of halogens is 3. The number of ether oxygens (including phenoxy) is 2. The van der Waals surface area contributed by atoms with E-state index >= 15 is 0 Å². The zero-order chi connectivity index (χ0) is 12.3. The zero-order valence-electron chi connectivity index (χ0n) is 8.76. The Morgan fingerprint density at radius 1 is 1.44 bits per heavy atom. The van der Waals surface area contributed by atoms with Crippen molar-refractivity contribution in [3.05, 3.63) is 17.5 Å². The maximum absolute atomic E-state index is 12.1. The van der Waals surface area contributed by atoms with Gasteiger partial charge in [0.15, 0.2) is 11.5 Å². The molecule has 0 aliphatic carbocycles. The van der Waals surface area contributed by atoms with Crippen LogP contribution in [-0.2, 0) is 6.54 Å². The van der Waals surface area contributed by atoms with Crippen molar-refractivity contribution >= 4 is 0 Å². The molecule has 16 heavy (non-hydrogen) atoms. The molecule has 0 spiro atoms. The Kier molecular flexibility index (Phi) is 3.58. The number of methoxy groups -OCH3 is 1. The molecule has 0 aliphatic rings. The van der Waals surface area contributed by atoms with Crippen molar-refractivity contribution in [3.63, 3.8) is 0 Å². The molecule has 0 bridgehead atoms. The van der Waals surface area contributed by atoms with E-state index in [1.165, 1.54) is 7.11 Å². The Balaban J connectivity index is 3.19. The van der Waals surface area contributed by atoms with Gasteiger partial charge in [0, 0.05) is 17.8 Å². The predicted molar refractivity (Wildman–Crippen MR) is 50.1 cm³/mol. The standard InChI is InChI=1S/C9H11F3N2O2/c1-5-6(3-13)8(15-2)7(4-14-5)16-9(10,11)12/h4H,3,13H2,1-2H3. The smallest absolute Gasteiger partial charge is 0.492 e. The summed E-state index contributed by atoms with van der Waals surface area (Å²) in [7, 11) is 1.25. The van der Waals surface area contributed by atoms with E-state index in [0.29, 0.717) is 11.3 Å². The highest BCUT2D eigenvalue weighted by atomic mass is 19.4. The van der Waals surface area contributed by atoms with Gasteiger partial charge in [0.25, 0.3) is 0 Å². The summed E-state index contributed by atoms with van der Waals surface area (Å²) in [6.45, 7) is 1.65. The van der Waals surface area contributed by atoms with Crippen molar-refractivity contribution in [2.24, 2.45) is 5.73 Å². The molecule has 0 fully saturated rings. The second-order valence-corrected chi connectivity index (χ2v) is 2.97. The van der Waals surface area contributed by atoms with Gasteiger partial charge in [-0.25, -0.2) is 0 Å². The molecule has 0 unspecified atom stereocenters. The van der Waals surface area contributed by atoms with E-state index in [1.807, 2.05) is 0 Å². The van der Waals surface area contributed by atoms with Gasteiger partial charge in [-0.3, -0.25) is 4.98 Å². The minimum atomic E-state index is -4.78. The molecule has 4 nitrogen and oxygen atoms in total. The van der Waals surface area contributed by atoms with Crippen LogP contribution in [0.15, 0.2) is 6.20 Å². The summed E-state index contributed by atoms with van der Waals surface area (Å²) >= 11 is 0. The fourth-order valence-electron chi connectivity index (χ4n) is 1.27. The second kappa shape index (κ2) is 4.56. The van der Waals surface area contributed by atoms with E-state index in [-0.39, 0.29) is 12.3 Å². The van der Waals surface area contributed by atoms with Crippen molar-refractivity contribution in [1.29, 1.82) is 0 Å². The third kappa shape index (κ3) is 2.75. The van der Waals surface area contributed by atoms with Crippen LogP contribution in [0.25, 0.3) is 0 Å². The van der Waals surface area contributed by atoms with Gasteiger partial charge < -0.3 is 15.2 Å². The Bertz CT molecular complexity index is 380. The van der Waals surface area contributed by atoms with Gasteiger partial charge in [0.1, 0.15) is 0 Å². The van der Waals surface area contributed by atoms with Crippen molar-refractivity contribution in [3.8, 4) is 11.5 Å². The molecule has 7 heteroatoms. The Hall–Kier alpha value is -1.50. The molecule has 0 aliphatic heterocycles. The minimum absolute atomic E-state index is 0.0249. The fraction of sp³-hybridized carbons (Fsp3) is 0.444. The minimum Gasteiger partial charge on any atom is -0.492 e. The maximum Gasteiger partial charge on any atom is 0.573 e. The molecule has 1 aromatic heterocycles. The molecule has 0 amide bonds. The summed E-state index contributed by atoms with van der Waals surface area (Å²) in [4.78, 5) is 3.76. The highest BCUT2D eigenvalue weighted by Crippen LogP contribution is 2.35.